The smallest absolute Gasteiger partial charge is 0.393 e. The number of nitrogens with one attached hydrogen (secondary N) is 2. The molecule has 2 heterocycles. The van der Waals surface area contributed by atoms with Crippen LogP contribution in [-0.4, -0.2) is 97.8 Å². The van der Waals surface area contributed by atoms with Crippen LogP contribution in [0.2, 0.25) is 0 Å². The molecule has 0 spiro atoms. The number of hydrogen-bond acceptors (Lipinski definition) is 12. The van der Waals surface area contributed by atoms with Crippen molar-refractivity contribution in [3.8, 4) is 0 Å². The molecule has 66 heavy (non-hydrogen) atoms. The minimum atomic E-state index is -5.04. The maximum absolute atomic E-state index is 14.4. The summed E-state index contributed by atoms with van der Waals surface area (Å²) in [5.74, 6) is -4.69. The molecular weight excluding hydrogens is 874 g/mol. The molecule has 2 aromatic rings. The van der Waals surface area contributed by atoms with Crippen molar-refractivity contribution >= 4 is 54.5 Å². The molecule has 1 saturated heterocycles. The number of nitrogens with zero attached hydrogens (tertiary/aromatic N) is 1. The lowest BCUT2D eigenvalue weighted by Crippen LogP contribution is -2.63. The van der Waals surface area contributed by atoms with Crippen molar-refractivity contribution in [1.82, 2.24) is 10.2 Å². The van der Waals surface area contributed by atoms with Gasteiger partial charge in [-0.3, -0.25) is 43.0 Å². The van der Waals surface area contributed by atoms with E-state index < -0.39 is 103 Å². The molecule has 4 amide bonds. The van der Waals surface area contributed by atoms with Crippen molar-refractivity contribution in [2.24, 2.45) is 34.5 Å². The monoisotopic (exact) mass is 927 g/mol. The summed E-state index contributed by atoms with van der Waals surface area (Å²) in [5.41, 5.74) is 0.611. The number of phosphoric acid groups is 1. The molecule has 0 aromatic heterocycles. The largest absolute Gasteiger partial charge is 0.470 e. The number of benzene rings is 2. The number of hydrogen-bond donors (Lipinski definition) is 5. The van der Waals surface area contributed by atoms with Crippen LogP contribution in [0.5, 0.6) is 0 Å². The molecule has 6 aliphatic rings. The van der Waals surface area contributed by atoms with Gasteiger partial charge in [-0.1, -0.05) is 68.8 Å². The van der Waals surface area contributed by atoms with E-state index in [1.165, 1.54) is 6.92 Å². The zero-order valence-electron chi connectivity index (χ0n) is 37.0. The van der Waals surface area contributed by atoms with Gasteiger partial charge in [-0.05, 0) is 86.3 Å². The Morgan fingerprint density at radius 3 is 2.39 bits per heavy atom. The molecule has 8 rings (SSSR count). The highest BCUT2D eigenvalue weighted by molar-refractivity contribution is 7.46. The Labute approximate surface area is 381 Å². The van der Waals surface area contributed by atoms with Gasteiger partial charge in [0.25, 0.3) is 11.8 Å². The fourth-order valence-electron chi connectivity index (χ4n) is 11.7. The Bertz CT molecular complexity index is 2500. The van der Waals surface area contributed by atoms with E-state index in [0.29, 0.717) is 36.9 Å². The van der Waals surface area contributed by atoms with Gasteiger partial charge in [0.2, 0.25) is 11.8 Å². The topological polar surface area (TPSA) is 252 Å². The molecule has 0 radical (unpaired) electrons. The van der Waals surface area contributed by atoms with Crippen LogP contribution >= 0.6 is 7.82 Å². The molecule has 4 fully saturated rings. The first-order valence-corrected chi connectivity index (χ1v) is 23.7. The van der Waals surface area contributed by atoms with Crippen LogP contribution in [0.3, 0.4) is 0 Å². The van der Waals surface area contributed by atoms with Gasteiger partial charge in [-0.15, -0.1) is 0 Å². The molecule has 5 N–H and O–H groups in total. The maximum Gasteiger partial charge on any atom is 0.470 e. The number of phosphoric ester groups is 1. The number of aliphatic hydroxyl groups is 1. The van der Waals surface area contributed by atoms with Crippen LogP contribution in [0.15, 0.2) is 84.5 Å². The lowest BCUT2D eigenvalue weighted by molar-refractivity contribution is -0.200. The molecule has 4 aliphatic carbocycles. The summed E-state index contributed by atoms with van der Waals surface area (Å²) >= 11 is 0. The number of ketones is 3. The average Bonchev–Trinajstić information content (AvgIpc) is 3.88. The van der Waals surface area contributed by atoms with Crippen LogP contribution < -0.4 is 10.6 Å². The van der Waals surface area contributed by atoms with Gasteiger partial charge in [-0.25, -0.2) is 4.57 Å². The van der Waals surface area contributed by atoms with Crippen LogP contribution in [0, 0.1) is 34.5 Å². The molecule has 350 valence electrons. The van der Waals surface area contributed by atoms with Gasteiger partial charge < -0.3 is 35.0 Å². The summed E-state index contributed by atoms with van der Waals surface area (Å²) < 4.78 is 30.0. The summed E-state index contributed by atoms with van der Waals surface area (Å²) in [6.07, 6.45) is 6.71. The second-order valence-corrected chi connectivity index (χ2v) is 20.2. The lowest BCUT2D eigenvalue weighted by Gasteiger charge is -2.59. The second-order valence-electron chi connectivity index (χ2n) is 19.0. The standard InChI is InChI=1S/C48H54N3O14P/c1-26(18-36(53)27(2)49-40(56)24-51-41(57)14-15-42(51)58)44(59)50-32-7-5-6-29(20-32)19-28-8-10-30(11-9-28)45-64-39-22-35-34-13-12-31-21-33(52)16-17-46(31,3)43(34)37(54)23-47(35,4)48(39,65-45)38(55)25-63-66(60,61)62/h5-11,14-17,20-21,26-27,34-35,37,39,43,45,54H,12-13,18-19,22-25H2,1-4H3,(H,49,56)(H,50,59)(H2,60,61,62)/t26-,27+,34+,35+,37+,39-,43-,45-,46+,47+,48-/m1/s1. The summed E-state index contributed by atoms with van der Waals surface area (Å²) in [4.78, 5) is 109. The van der Waals surface area contributed by atoms with E-state index in [1.54, 1.807) is 31.2 Å². The van der Waals surface area contributed by atoms with Crippen LogP contribution in [0.1, 0.15) is 82.8 Å². The number of carbonyl (C=O) groups is 7. The summed E-state index contributed by atoms with van der Waals surface area (Å²) in [5, 5.41) is 17.4. The Morgan fingerprint density at radius 1 is 0.985 bits per heavy atom. The van der Waals surface area contributed by atoms with Gasteiger partial charge in [0.1, 0.15) is 13.2 Å². The van der Waals surface area contributed by atoms with Crippen molar-refractivity contribution in [3.63, 3.8) is 0 Å². The normalized spacial score (nSPS) is 31.9. The molecule has 18 heteroatoms. The van der Waals surface area contributed by atoms with Gasteiger partial charge in [0.15, 0.2) is 29.2 Å². The quantitative estimate of drug-likeness (QED) is 0.125. The van der Waals surface area contributed by atoms with E-state index in [0.717, 1.165) is 33.8 Å². The Kier molecular flexibility index (Phi) is 12.7. The highest BCUT2D eigenvalue weighted by atomic mass is 31.2. The number of rotatable bonds is 15. The third-order valence-electron chi connectivity index (χ3n) is 14.9. The molecule has 17 nitrogen and oxygen atoms in total. The Balaban J connectivity index is 0.913. The maximum atomic E-state index is 14.4. The molecule has 11 atom stereocenters. The first-order chi connectivity index (χ1) is 31.1. The molecule has 2 aliphatic heterocycles. The molecule has 3 saturated carbocycles. The second kappa shape index (κ2) is 17.8. The van der Waals surface area contributed by atoms with E-state index in [9.17, 15) is 53.0 Å². The zero-order valence-corrected chi connectivity index (χ0v) is 37.9. The summed E-state index contributed by atoms with van der Waals surface area (Å²) in [6.45, 7) is 5.57. The van der Waals surface area contributed by atoms with Crippen molar-refractivity contribution in [2.75, 3.05) is 18.5 Å². The number of imide groups is 1. The number of amides is 4. The minimum absolute atomic E-state index is 0.0653. The van der Waals surface area contributed by atoms with E-state index in [1.807, 2.05) is 56.3 Å². The SMILES string of the molecule is C[C@H](CC(=O)[C@H](C)NC(=O)CN1C(=O)C=CC1=O)C(=O)Nc1cccc(Cc2ccc([C@@H]3O[C@@H]4C[C@H]5[C@@H]6CCC7=CC(=O)C=C[C@]7(C)[C@H]6[C@@H](O)C[C@]5(C)[C@]4(C(=O)COP(=O)(O)O)O3)cc2)c1. The predicted octanol–water partition coefficient (Wildman–Crippen LogP) is 3.96. The molecule has 0 unspecified atom stereocenters. The number of anilines is 1. The van der Waals surface area contributed by atoms with E-state index in [-0.39, 0.29) is 36.4 Å². The first-order valence-electron chi connectivity index (χ1n) is 22.1. The van der Waals surface area contributed by atoms with E-state index in [4.69, 9.17) is 14.0 Å². The first kappa shape index (κ1) is 47.2. The number of allylic oxidation sites excluding steroid dienone is 4. The Hall–Kier alpha value is -5.26. The van der Waals surface area contributed by atoms with Crippen molar-refractivity contribution in [2.45, 2.75) is 96.4 Å². The number of aliphatic hydroxyl groups excluding tert-OH is 1. The summed E-state index contributed by atoms with van der Waals surface area (Å²) in [6, 6.07) is 13.7. The summed E-state index contributed by atoms with van der Waals surface area (Å²) in [7, 11) is -5.04. The number of fused-ring (bicyclic) bond motifs is 7. The average molecular weight is 928 g/mol. The van der Waals surface area contributed by atoms with Crippen LogP contribution in [-0.2, 0) is 58.5 Å². The fraction of sp³-hybridized carbons (Fsp3) is 0.479. The van der Waals surface area contributed by atoms with E-state index in [2.05, 4.69) is 10.6 Å². The third kappa shape index (κ3) is 8.73. The van der Waals surface area contributed by atoms with Gasteiger partial charge in [0, 0.05) is 52.5 Å². The molecule has 0 bridgehead atoms. The third-order valence-corrected chi connectivity index (χ3v) is 15.4. The number of Topliss-reactive ketones (excluding diaryl/α,β-unsaturated/α-hetero) is 2. The van der Waals surface area contributed by atoms with Crippen LogP contribution in [0.25, 0.3) is 0 Å². The zero-order chi connectivity index (χ0) is 47.5. The fourth-order valence-corrected chi connectivity index (χ4v) is 12.0. The lowest BCUT2D eigenvalue weighted by atomic mass is 9.46. The van der Waals surface area contributed by atoms with Crippen molar-refractivity contribution in [1.29, 1.82) is 0 Å². The molecular formula is C48H54N3O14P. The predicted molar refractivity (Wildman–Crippen MR) is 234 cm³/mol. The van der Waals surface area contributed by atoms with Gasteiger partial charge in [0.05, 0.1) is 18.2 Å². The van der Waals surface area contributed by atoms with Crippen LogP contribution in [0.4, 0.5) is 5.69 Å². The van der Waals surface area contributed by atoms with Crippen molar-refractivity contribution in [3.05, 3.63) is 101 Å². The minimum Gasteiger partial charge on any atom is -0.393 e. The number of carbonyl (C=O) groups excluding carboxylic acids is 7. The van der Waals surface area contributed by atoms with Crippen molar-refractivity contribution < 1.29 is 67.0 Å². The Morgan fingerprint density at radius 2 is 1.70 bits per heavy atom. The van der Waals surface area contributed by atoms with Gasteiger partial charge in [-0.2, -0.15) is 0 Å². The highest BCUT2D eigenvalue weighted by Gasteiger charge is 2.76. The van der Waals surface area contributed by atoms with Gasteiger partial charge >= 0.3 is 7.82 Å². The van der Waals surface area contributed by atoms with E-state index >= 15 is 0 Å². The highest BCUT2D eigenvalue weighted by Crippen LogP contribution is 2.70. The molecule has 2 aromatic carbocycles. The number of ether oxygens (including phenoxy) is 2.